The highest BCUT2D eigenvalue weighted by Crippen LogP contribution is 2.37. The first-order valence-electron chi connectivity index (χ1n) is 6.67. The number of rotatable bonds is 5. The summed E-state index contributed by atoms with van der Waals surface area (Å²) in [4.78, 5) is 2.22. The number of nitrogens with one attached hydrogen (secondary N) is 1. The summed E-state index contributed by atoms with van der Waals surface area (Å²) in [6.07, 6.45) is 2.55. The number of hydrogen-bond donors (Lipinski definition) is 1. The molecule has 3 rings (SSSR count). The van der Waals surface area contributed by atoms with E-state index >= 15 is 0 Å². The lowest BCUT2D eigenvalue weighted by Crippen LogP contribution is -2.16. The van der Waals surface area contributed by atoms with Crippen LogP contribution in [0.2, 0.25) is 10.0 Å². The second-order valence-corrected chi connectivity index (χ2v) is 6.80. The molecule has 0 saturated heterocycles. The number of halogens is 2. The fourth-order valence-corrected chi connectivity index (χ4v) is 3.54. The molecule has 1 aliphatic carbocycles. The van der Waals surface area contributed by atoms with Gasteiger partial charge in [-0.2, -0.15) is 0 Å². The lowest BCUT2D eigenvalue weighted by atomic mass is 10.2. The van der Waals surface area contributed by atoms with Gasteiger partial charge in [-0.25, -0.2) is 0 Å². The average Bonchev–Trinajstić information content (AvgIpc) is 3.25. The minimum Gasteiger partial charge on any atom is -0.310 e. The van der Waals surface area contributed by atoms with Crippen LogP contribution in [0.1, 0.15) is 18.4 Å². The summed E-state index contributed by atoms with van der Waals surface area (Å²) in [5.74, 6) is 0. The Kier molecular flexibility index (Phi) is 4.57. The Bertz CT molecular complexity index is 611. The van der Waals surface area contributed by atoms with Gasteiger partial charge in [0.05, 0.1) is 5.02 Å². The van der Waals surface area contributed by atoms with E-state index in [1.54, 1.807) is 11.8 Å². The molecule has 0 unspecified atom stereocenters. The highest BCUT2D eigenvalue weighted by Gasteiger charge is 2.21. The fourth-order valence-electron chi connectivity index (χ4n) is 1.99. The first kappa shape index (κ1) is 14.3. The SMILES string of the molecule is Clc1ccccc1Sc1cccc(Cl)c1CNC1CC1. The van der Waals surface area contributed by atoms with Crippen LogP contribution >= 0.6 is 35.0 Å². The quantitative estimate of drug-likeness (QED) is 0.790. The highest BCUT2D eigenvalue weighted by atomic mass is 35.5. The second-order valence-electron chi connectivity index (χ2n) is 4.90. The van der Waals surface area contributed by atoms with E-state index in [9.17, 15) is 0 Å². The molecule has 0 heterocycles. The van der Waals surface area contributed by atoms with E-state index in [4.69, 9.17) is 23.2 Å². The zero-order valence-corrected chi connectivity index (χ0v) is 13.2. The Morgan fingerprint density at radius 3 is 2.40 bits per heavy atom. The van der Waals surface area contributed by atoms with Crippen molar-refractivity contribution in [3.63, 3.8) is 0 Å². The zero-order valence-electron chi connectivity index (χ0n) is 10.9. The van der Waals surface area contributed by atoms with E-state index in [0.717, 1.165) is 27.0 Å². The van der Waals surface area contributed by atoms with Gasteiger partial charge in [-0.15, -0.1) is 0 Å². The van der Waals surface area contributed by atoms with Crippen LogP contribution in [0.15, 0.2) is 52.3 Å². The molecule has 2 aromatic carbocycles. The maximum absolute atomic E-state index is 6.35. The van der Waals surface area contributed by atoms with Crippen LogP contribution in [-0.4, -0.2) is 6.04 Å². The van der Waals surface area contributed by atoms with Crippen LogP contribution in [-0.2, 0) is 6.54 Å². The third kappa shape index (κ3) is 3.50. The maximum Gasteiger partial charge on any atom is 0.0545 e. The van der Waals surface area contributed by atoms with Gasteiger partial charge in [-0.1, -0.05) is 53.2 Å². The molecule has 0 aromatic heterocycles. The van der Waals surface area contributed by atoms with Gasteiger partial charge >= 0.3 is 0 Å². The third-order valence-corrected chi connectivity index (χ3v) is 5.25. The number of hydrogen-bond acceptors (Lipinski definition) is 2. The highest BCUT2D eigenvalue weighted by molar-refractivity contribution is 7.99. The van der Waals surface area contributed by atoms with Crippen LogP contribution in [0.25, 0.3) is 0 Å². The van der Waals surface area contributed by atoms with Gasteiger partial charge in [0, 0.05) is 27.4 Å². The molecule has 1 N–H and O–H groups in total. The predicted octanol–water partition coefficient (Wildman–Crippen LogP) is 5.40. The van der Waals surface area contributed by atoms with Crippen molar-refractivity contribution < 1.29 is 0 Å². The molecule has 104 valence electrons. The van der Waals surface area contributed by atoms with Crippen molar-refractivity contribution in [2.24, 2.45) is 0 Å². The summed E-state index contributed by atoms with van der Waals surface area (Å²) < 4.78 is 0. The topological polar surface area (TPSA) is 12.0 Å². The van der Waals surface area contributed by atoms with E-state index in [0.29, 0.717) is 6.04 Å². The van der Waals surface area contributed by atoms with Gasteiger partial charge in [0.15, 0.2) is 0 Å². The molecule has 0 amide bonds. The van der Waals surface area contributed by atoms with Crippen molar-refractivity contribution in [2.75, 3.05) is 0 Å². The van der Waals surface area contributed by atoms with E-state index in [-0.39, 0.29) is 0 Å². The third-order valence-electron chi connectivity index (χ3n) is 3.28. The maximum atomic E-state index is 6.35. The molecule has 20 heavy (non-hydrogen) atoms. The van der Waals surface area contributed by atoms with Crippen molar-refractivity contribution >= 4 is 35.0 Å². The Labute approximate surface area is 133 Å². The zero-order chi connectivity index (χ0) is 13.9. The molecule has 2 aromatic rings. The molecular formula is C16H15Cl2NS. The van der Waals surface area contributed by atoms with Crippen molar-refractivity contribution in [3.05, 3.63) is 58.1 Å². The van der Waals surface area contributed by atoms with E-state index in [1.807, 2.05) is 36.4 Å². The van der Waals surface area contributed by atoms with Gasteiger partial charge in [-0.05, 0) is 42.7 Å². The van der Waals surface area contributed by atoms with Crippen molar-refractivity contribution in [1.29, 1.82) is 0 Å². The molecule has 0 spiro atoms. The summed E-state index contributed by atoms with van der Waals surface area (Å²) in [6, 6.07) is 14.6. The van der Waals surface area contributed by atoms with Gasteiger partial charge in [0.2, 0.25) is 0 Å². The minimum absolute atomic E-state index is 0.671. The summed E-state index contributed by atoms with van der Waals surface area (Å²) in [5, 5.41) is 5.12. The predicted molar refractivity (Wildman–Crippen MR) is 86.9 cm³/mol. The summed E-state index contributed by atoms with van der Waals surface area (Å²) in [5.41, 5.74) is 1.16. The van der Waals surface area contributed by atoms with Crippen LogP contribution in [0.3, 0.4) is 0 Å². The van der Waals surface area contributed by atoms with Gasteiger partial charge in [0.1, 0.15) is 0 Å². The second kappa shape index (κ2) is 6.40. The van der Waals surface area contributed by atoms with Crippen LogP contribution < -0.4 is 5.32 Å². The number of benzene rings is 2. The lowest BCUT2D eigenvalue weighted by Gasteiger charge is -2.12. The minimum atomic E-state index is 0.671. The molecule has 0 atom stereocenters. The smallest absolute Gasteiger partial charge is 0.0545 e. The Morgan fingerprint density at radius 2 is 1.65 bits per heavy atom. The van der Waals surface area contributed by atoms with Crippen molar-refractivity contribution in [2.45, 2.75) is 35.2 Å². The summed E-state index contributed by atoms with van der Waals surface area (Å²) in [7, 11) is 0. The van der Waals surface area contributed by atoms with Crippen molar-refractivity contribution in [3.8, 4) is 0 Å². The Hall–Kier alpha value is -0.670. The van der Waals surface area contributed by atoms with Crippen LogP contribution in [0.5, 0.6) is 0 Å². The lowest BCUT2D eigenvalue weighted by molar-refractivity contribution is 0.680. The standard InChI is InChI=1S/C16H15Cl2NS/c17-13-5-3-7-15(12(13)10-19-11-8-9-11)20-16-6-2-1-4-14(16)18/h1-7,11,19H,8-10H2. The molecule has 0 bridgehead atoms. The largest absolute Gasteiger partial charge is 0.310 e. The van der Waals surface area contributed by atoms with E-state index < -0.39 is 0 Å². The normalized spacial score (nSPS) is 14.5. The average molecular weight is 324 g/mol. The molecule has 1 saturated carbocycles. The van der Waals surface area contributed by atoms with Gasteiger partial charge in [0.25, 0.3) is 0 Å². The Balaban J connectivity index is 1.84. The fraction of sp³-hybridized carbons (Fsp3) is 0.250. The van der Waals surface area contributed by atoms with Gasteiger partial charge < -0.3 is 5.32 Å². The monoisotopic (exact) mass is 323 g/mol. The van der Waals surface area contributed by atoms with Crippen LogP contribution in [0, 0.1) is 0 Å². The summed E-state index contributed by atoms with van der Waals surface area (Å²) >= 11 is 14.3. The first-order chi connectivity index (χ1) is 9.74. The van der Waals surface area contributed by atoms with Gasteiger partial charge in [-0.3, -0.25) is 0 Å². The molecule has 4 heteroatoms. The Morgan fingerprint density at radius 1 is 0.950 bits per heavy atom. The summed E-state index contributed by atoms with van der Waals surface area (Å²) in [6.45, 7) is 0.817. The van der Waals surface area contributed by atoms with Crippen molar-refractivity contribution in [1.82, 2.24) is 5.32 Å². The van der Waals surface area contributed by atoms with E-state index in [1.165, 1.54) is 17.7 Å². The first-order valence-corrected chi connectivity index (χ1v) is 8.24. The van der Waals surface area contributed by atoms with Crippen LogP contribution in [0.4, 0.5) is 0 Å². The molecule has 1 aliphatic rings. The van der Waals surface area contributed by atoms with E-state index in [2.05, 4.69) is 11.4 Å². The molecule has 0 aliphatic heterocycles. The molecule has 1 fully saturated rings. The molecule has 1 nitrogen and oxygen atoms in total. The molecular weight excluding hydrogens is 309 g/mol. The molecule has 0 radical (unpaired) electrons.